The van der Waals surface area contributed by atoms with E-state index in [0.29, 0.717) is 0 Å². The third kappa shape index (κ3) is 7.91. The molecule has 0 bridgehead atoms. The molecule has 1 aliphatic carbocycles. The van der Waals surface area contributed by atoms with E-state index in [4.69, 9.17) is 0 Å². The Hall–Kier alpha value is -0.677. The van der Waals surface area contributed by atoms with E-state index in [9.17, 15) is 0 Å². The molecule has 0 N–H and O–H groups in total. The van der Waals surface area contributed by atoms with Gasteiger partial charge in [-0.1, -0.05) is 127 Å². The number of allylic oxidation sites excluding steroid dienone is 1. The molecule has 0 amide bonds. The first-order chi connectivity index (χ1) is 12.4. The fraction of sp³-hybridized carbons (Fsp3) is 0.520. The molecule has 26 heavy (non-hydrogen) atoms. The van der Waals surface area contributed by atoms with Crippen molar-refractivity contribution in [1.82, 2.24) is 0 Å². The maximum Gasteiger partial charge on any atom is 0 e. The Bertz CT molecular complexity index is 626. The Morgan fingerprint density at radius 1 is 0.692 bits per heavy atom. The van der Waals surface area contributed by atoms with Crippen LogP contribution in [0.3, 0.4) is 0 Å². The molecule has 0 atom stereocenters. The summed E-state index contributed by atoms with van der Waals surface area (Å²) in [5.41, 5.74) is 2.81. The van der Waals surface area contributed by atoms with Gasteiger partial charge in [0.05, 0.1) is 0 Å². The van der Waals surface area contributed by atoms with Crippen molar-refractivity contribution in [1.29, 1.82) is 0 Å². The largest absolute Gasteiger partial charge is 0.0795 e. The molecule has 0 unspecified atom stereocenters. The summed E-state index contributed by atoms with van der Waals surface area (Å²) in [4.78, 5) is 0. The van der Waals surface area contributed by atoms with Gasteiger partial charge in [-0.05, 0) is 28.3 Å². The third-order valence-electron chi connectivity index (χ3n) is 5.12. The molecule has 0 spiro atoms. The van der Waals surface area contributed by atoms with Gasteiger partial charge >= 0.3 is 0 Å². The molecule has 2 aromatic rings. The molecule has 143 valence electrons. The molecule has 0 heterocycles. The number of unbranched alkanes of at least 4 members (excludes halogenated alkanes) is 9. The van der Waals surface area contributed by atoms with Crippen LogP contribution in [0.5, 0.6) is 0 Å². The van der Waals surface area contributed by atoms with Crippen LogP contribution in [-0.4, -0.2) is 0 Å². The molecule has 3 rings (SSSR count). The third-order valence-corrected chi connectivity index (χ3v) is 5.12. The number of rotatable bonds is 9. The van der Waals surface area contributed by atoms with Gasteiger partial charge in [0.15, 0.2) is 0 Å². The van der Waals surface area contributed by atoms with Crippen molar-refractivity contribution in [2.24, 2.45) is 0 Å². The zero-order chi connectivity index (χ0) is 17.7. The summed E-state index contributed by atoms with van der Waals surface area (Å²) < 4.78 is 0. The van der Waals surface area contributed by atoms with Crippen LogP contribution in [0, 0.1) is 26.2 Å². The molecule has 0 saturated carbocycles. The van der Waals surface area contributed by atoms with Gasteiger partial charge in [0.25, 0.3) is 0 Å². The summed E-state index contributed by atoms with van der Waals surface area (Å²) in [6.45, 7) is 4.56. The molecular formula is C25H36At. The predicted molar refractivity (Wildman–Crippen MR) is 114 cm³/mol. The van der Waals surface area contributed by atoms with Crippen LogP contribution in [0.25, 0.3) is 16.8 Å². The quantitative estimate of drug-likeness (QED) is 0.278. The van der Waals surface area contributed by atoms with Crippen LogP contribution in [0.15, 0.2) is 42.5 Å². The average molecular weight is 547 g/mol. The molecule has 0 saturated heterocycles. The smallest absolute Gasteiger partial charge is 0 e. The number of hydrogen-bond donors (Lipinski definition) is 0. The van der Waals surface area contributed by atoms with Gasteiger partial charge in [-0.2, -0.15) is 0 Å². The number of hydrogen-bond acceptors (Lipinski definition) is 0. The number of benzene rings is 2. The van der Waals surface area contributed by atoms with E-state index >= 15 is 0 Å². The summed E-state index contributed by atoms with van der Waals surface area (Å²) in [7, 11) is 0. The fourth-order valence-electron chi connectivity index (χ4n) is 3.63. The van der Waals surface area contributed by atoms with Crippen molar-refractivity contribution in [2.75, 3.05) is 0 Å². The molecule has 0 aliphatic heterocycles. The van der Waals surface area contributed by atoms with Gasteiger partial charge in [-0.3, -0.25) is 0 Å². The van der Waals surface area contributed by atoms with Crippen molar-refractivity contribution in [2.45, 2.75) is 84.5 Å². The summed E-state index contributed by atoms with van der Waals surface area (Å²) in [6.07, 6.45) is 20.0. The molecule has 2 aromatic carbocycles. The van der Waals surface area contributed by atoms with Crippen molar-refractivity contribution in [3.05, 3.63) is 53.6 Å². The van der Waals surface area contributed by atoms with E-state index < -0.39 is 0 Å². The Morgan fingerprint density at radius 2 is 1.23 bits per heavy atom. The minimum Gasteiger partial charge on any atom is -0.0795 e. The van der Waals surface area contributed by atoms with E-state index in [2.05, 4.69) is 62.4 Å². The van der Waals surface area contributed by atoms with Crippen LogP contribution in [0.2, 0.25) is 0 Å². The van der Waals surface area contributed by atoms with Crippen LogP contribution >= 0.6 is 0 Å². The molecule has 0 fully saturated rings. The van der Waals surface area contributed by atoms with Crippen LogP contribution in [0.4, 0.5) is 0 Å². The van der Waals surface area contributed by atoms with E-state index in [0.717, 1.165) is 6.42 Å². The zero-order valence-corrected chi connectivity index (χ0v) is 19.7. The minimum absolute atomic E-state index is 0. The van der Waals surface area contributed by atoms with Crippen LogP contribution < -0.4 is 0 Å². The fourth-order valence-corrected chi connectivity index (χ4v) is 3.63. The van der Waals surface area contributed by atoms with Gasteiger partial charge in [0.2, 0.25) is 0 Å². The van der Waals surface area contributed by atoms with E-state index in [1.807, 2.05) is 0 Å². The summed E-state index contributed by atoms with van der Waals surface area (Å²) in [5.74, 6) is 0. The van der Waals surface area contributed by atoms with E-state index in [1.165, 1.54) is 86.1 Å². The maximum atomic E-state index is 2.28. The standard InChI is InChI=1S/C13H10.C12H26.At/c1-4-10-6-2-8-12-9-3-7-11(5-1)13(10)12;1-3-5-7-9-11-12-10-8-6-4-2;/h1-8H,9H2;3-12H2,1-2H3;. The second-order valence-electron chi connectivity index (χ2n) is 7.30. The van der Waals surface area contributed by atoms with Crippen LogP contribution in [0.1, 0.15) is 89.2 Å². The molecule has 0 aromatic heterocycles. The second kappa shape index (κ2) is 14.4. The second-order valence-corrected chi connectivity index (χ2v) is 7.30. The van der Waals surface area contributed by atoms with E-state index in [-0.39, 0.29) is 26.2 Å². The first-order valence-electron chi connectivity index (χ1n) is 10.5. The monoisotopic (exact) mass is 546 g/mol. The Morgan fingerprint density at radius 3 is 1.81 bits per heavy atom. The summed E-state index contributed by atoms with van der Waals surface area (Å²) in [5, 5.41) is 2.80. The van der Waals surface area contributed by atoms with Gasteiger partial charge < -0.3 is 0 Å². The zero-order valence-electron chi connectivity index (χ0n) is 16.8. The molecule has 0 nitrogen and oxygen atoms in total. The normalized spacial score (nSPS) is 11.6. The van der Waals surface area contributed by atoms with Gasteiger partial charge in [-0.15, -0.1) is 0 Å². The molecule has 1 aliphatic rings. The maximum absolute atomic E-state index is 2.28. The summed E-state index contributed by atoms with van der Waals surface area (Å²) in [6, 6.07) is 13.0. The van der Waals surface area contributed by atoms with Crippen molar-refractivity contribution in [3.63, 3.8) is 0 Å². The Balaban J connectivity index is 0.000000252. The topological polar surface area (TPSA) is 0 Å². The van der Waals surface area contributed by atoms with Gasteiger partial charge in [-0.25, -0.2) is 0 Å². The minimum atomic E-state index is 0. The van der Waals surface area contributed by atoms with Crippen LogP contribution in [-0.2, 0) is 6.42 Å². The summed E-state index contributed by atoms with van der Waals surface area (Å²) >= 11 is 0. The van der Waals surface area contributed by atoms with Crippen molar-refractivity contribution >= 4 is 16.8 Å². The average Bonchev–Trinajstić information content (AvgIpc) is 2.65. The van der Waals surface area contributed by atoms with Crippen molar-refractivity contribution in [3.8, 4) is 0 Å². The van der Waals surface area contributed by atoms with Crippen molar-refractivity contribution < 1.29 is 26.2 Å². The first-order valence-corrected chi connectivity index (χ1v) is 10.5. The Kier molecular flexibility index (Phi) is 12.9. The molecule has 1 heteroatoms. The first kappa shape index (κ1) is 23.4. The Labute approximate surface area is 180 Å². The van der Waals surface area contributed by atoms with Gasteiger partial charge in [0.1, 0.15) is 0 Å². The predicted octanol–water partition coefficient (Wildman–Crippen LogP) is 8.34. The molecular weight excluding hydrogens is 510 g/mol. The van der Waals surface area contributed by atoms with Gasteiger partial charge in [0, 0.05) is 26.2 Å². The molecule has 1 radical (unpaired) electrons. The van der Waals surface area contributed by atoms with E-state index in [1.54, 1.807) is 0 Å². The SMILES string of the molecule is C1=Cc2cccc3cccc(c23)C1.CCCCCCCCCCCC.[At].